The number of phosphoric ester groups is 1. The zero-order chi connectivity index (χ0) is 30.6. The monoisotopic (exact) mass is 628 g/mol. The summed E-state index contributed by atoms with van der Waals surface area (Å²) in [6.45, 7) is -1.27. The summed E-state index contributed by atoms with van der Waals surface area (Å²) in [6, 6.07) is 0. The zero-order valence-electron chi connectivity index (χ0n) is 21.8. The molecule has 0 spiro atoms. The summed E-state index contributed by atoms with van der Waals surface area (Å²) in [5.41, 5.74) is 10.9. The van der Waals surface area contributed by atoms with E-state index in [1.165, 1.54) is 10.9 Å². The molecule has 0 bridgehead atoms. The maximum atomic E-state index is 15.0. The number of aliphatic hydroxyl groups excluding tert-OH is 3. The summed E-state index contributed by atoms with van der Waals surface area (Å²) in [7, 11) is -5.10. The molecule has 2 fully saturated rings. The van der Waals surface area contributed by atoms with Crippen molar-refractivity contribution < 1.29 is 47.7 Å². The first-order valence-electron chi connectivity index (χ1n) is 12.7. The number of aliphatic hydroxyl groups is 3. The summed E-state index contributed by atoms with van der Waals surface area (Å²) in [6.07, 6.45) is -8.95. The molecule has 2 aliphatic rings. The summed E-state index contributed by atoms with van der Waals surface area (Å²) >= 11 is 0. The molecule has 232 valence electrons. The van der Waals surface area contributed by atoms with Crippen LogP contribution >= 0.6 is 7.82 Å². The van der Waals surface area contributed by atoms with E-state index in [1.807, 2.05) is 0 Å². The number of alkyl halides is 1. The van der Waals surface area contributed by atoms with Gasteiger partial charge in [0, 0.05) is 6.61 Å². The van der Waals surface area contributed by atoms with E-state index < -0.39 is 75.7 Å². The van der Waals surface area contributed by atoms with Gasteiger partial charge in [-0.2, -0.15) is 4.98 Å². The summed E-state index contributed by atoms with van der Waals surface area (Å²) in [5.74, 6) is -0.200. The van der Waals surface area contributed by atoms with Gasteiger partial charge in [-0.15, -0.1) is 0 Å². The fraction of sp³-hybridized carbons (Fsp3) is 0.524. The number of anilines is 2. The number of ether oxygens (including phenoxy) is 2. The van der Waals surface area contributed by atoms with Crippen molar-refractivity contribution in [1.29, 1.82) is 0 Å². The number of halogens is 1. The van der Waals surface area contributed by atoms with Crippen LogP contribution < -0.4 is 17.0 Å². The number of aromatic nitrogens is 8. The highest BCUT2D eigenvalue weighted by Gasteiger charge is 2.51. The average Bonchev–Trinajstić information content (AvgIpc) is 3.71. The number of rotatable bonds is 9. The maximum Gasteiger partial charge on any atom is 0.472 e. The number of nitrogen functional groups attached to an aromatic ring is 2. The Bertz CT molecular complexity index is 1750. The molecule has 2 saturated heterocycles. The van der Waals surface area contributed by atoms with Crippen LogP contribution in [-0.2, 0) is 23.1 Å². The smallest absolute Gasteiger partial charge is 0.396 e. The van der Waals surface area contributed by atoms with E-state index in [-0.39, 0.29) is 40.5 Å². The van der Waals surface area contributed by atoms with Gasteiger partial charge in [-0.05, 0) is 6.42 Å². The normalized spacial score (nSPS) is 30.8. The van der Waals surface area contributed by atoms with Crippen molar-refractivity contribution >= 4 is 41.9 Å². The molecule has 6 heterocycles. The molecular weight excluding hydrogens is 602 g/mol. The Balaban J connectivity index is 1.19. The minimum Gasteiger partial charge on any atom is -0.396 e. The van der Waals surface area contributed by atoms with E-state index >= 15 is 4.39 Å². The molecule has 9 N–H and O–H groups in total. The van der Waals surface area contributed by atoms with Crippen molar-refractivity contribution in [3.63, 3.8) is 0 Å². The Morgan fingerprint density at radius 3 is 2.47 bits per heavy atom. The van der Waals surface area contributed by atoms with Crippen LogP contribution in [0.3, 0.4) is 0 Å². The third-order valence-electron chi connectivity index (χ3n) is 7.06. The number of hydrogen-bond donors (Lipinski definition) is 7. The van der Waals surface area contributed by atoms with Gasteiger partial charge in [0.25, 0.3) is 5.56 Å². The number of imidazole rings is 2. The standard InChI is InChI=1S/C21H26FN10O10P/c22-9-8(41-19(13(9)35)31-5-27-10-15(23)25-4-26-16(10)31)3-39-43(37,38)42-14-12(34)7(1-2-33)40-20(14)32-6-28-11-17(32)29-21(24)30-18(11)36/h4-9,12-14,19-20,33-35H,1-3H2,(H,37,38)(H2,23,25,26)(H3,24,29,30,36)/t7-,8-,9-,12-,13-,14-,19-,20-/m1/s1. The molecule has 0 amide bonds. The first-order chi connectivity index (χ1) is 20.5. The van der Waals surface area contributed by atoms with Gasteiger partial charge in [-0.25, -0.2) is 28.9 Å². The third-order valence-corrected chi connectivity index (χ3v) is 8.04. The predicted octanol–water partition coefficient (Wildman–Crippen LogP) is -2.14. The number of fused-ring (bicyclic) bond motifs is 2. The Hall–Kier alpha value is -3.66. The van der Waals surface area contributed by atoms with Crippen LogP contribution in [0.15, 0.2) is 23.8 Å². The molecule has 0 radical (unpaired) electrons. The van der Waals surface area contributed by atoms with Gasteiger partial charge in [-0.3, -0.25) is 28.0 Å². The molecule has 4 aromatic heterocycles. The molecule has 9 atom stereocenters. The highest BCUT2D eigenvalue weighted by atomic mass is 31.2. The first-order valence-corrected chi connectivity index (χ1v) is 14.2. The fourth-order valence-electron chi connectivity index (χ4n) is 5.03. The van der Waals surface area contributed by atoms with Gasteiger partial charge in [0.2, 0.25) is 5.95 Å². The molecular formula is C21H26FN10O10P. The second kappa shape index (κ2) is 11.1. The van der Waals surface area contributed by atoms with Gasteiger partial charge < -0.3 is 41.2 Å². The second-order valence-electron chi connectivity index (χ2n) is 9.76. The Labute approximate surface area is 238 Å². The minimum atomic E-state index is -5.10. The third kappa shape index (κ3) is 5.24. The quantitative estimate of drug-likeness (QED) is 0.0973. The minimum absolute atomic E-state index is 0.0543. The fourth-order valence-corrected chi connectivity index (χ4v) is 5.96. The summed E-state index contributed by atoms with van der Waals surface area (Å²) < 4.78 is 52.1. The van der Waals surface area contributed by atoms with Gasteiger partial charge >= 0.3 is 7.82 Å². The van der Waals surface area contributed by atoms with Gasteiger partial charge in [0.05, 0.1) is 25.4 Å². The van der Waals surface area contributed by atoms with Crippen molar-refractivity contribution in [3.05, 3.63) is 29.3 Å². The highest BCUT2D eigenvalue weighted by Crippen LogP contribution is 2.50. The molecule has 0 aliphatic carbocycles. The number of hydrogen-bond acceptors (Lipinski definition) is 16. The van der Waals surface area contributed by atoms with E-state index in [0.717, 1.165) is 17.2 Å². The number of phosphoric acid groups is 1. The summed E-state index contributed by atoms with van der Waals surface area (Å²) in [4.78, 5) is 44.9. The maximum absolute atomic E-state index is 15.0. The van der Waals surface area contributed by atoms with Gasteiger partial charge in [0.15, 0.2) is 41.3 Å². The molecule has 4 aromatic rings. The van der Waals surface area contributed by atoms with Crippen molar-refractivity contribution in [2.24, 2.45) is 0 Å². The lowest BCUT2D eigenvalue weighted by atomic mass is 10.1. The molecule has 0 saturated carbocycles. The Morgan fingerprint density at radius 2 is 1.72 bits per heavy atom. The first kappa shape index (κ1) is 29.4. The number of H-pyrrole nitrogens is 1. The molecule has 1 unspecified atom stereocenters. The zero-order valence-corrected chi connectivity index (χ0v) is 22.7. The van der Waals surface area contributed by atoms with Crippen LogP contribution in [0.2, 0.25) is 0 Å². The topological polar surface area (TPSA) is 294 Å². The van der Waals surface area contributed by atoms with Crippen molar-refractivity contribution in [1.82, 2.24) is 39.0 Å². The summed E-state index contributed by atoms with van der Waals surface area (Å²) in [5, 5.41) is 30.8. The highest BCUT2D eigenvalue weighted by molar-refractivity contribution is 7.47. The molecule has 20 nitrogen and oxygen atoms in total. The molecule has 22 heteroatoms. The van der Waals surface area contributed by atoms with Crippen LogP contribution in [0.4, 0.5) is 16.2 Å². The van der Waals surface area contributed by atoms with Gasteiger partial charge in [0.1, 0.15) is 36.3 Å². The van der Waals surface area contributed by atoms with Crippen LogP contribution in [0.1, 0.15) is 18.9 Å². The Kier molecular flexibility index (Phi) is 7.61. The van der Waals surface area contributed by atoms with Crippen LogP contribution in [0.25, 0.3) is 22.3 Å². The lowest BCUT2D eigenvalue weighted by Gasteiger charge is -2.24. The van der Waals surface area contributed by atoms with E-state index in [1.54, 1.807) is 0 Å². The lowest BCUT2D eigenvalue weighted by molar-refractivity contribution is -0.0582. The predicted molar refractivity (Wildman–Crippen MR) is 139 cm³/mol. The number of nitrogens with zero attached hydrogens (tertiary/aromatic N) is 7. The molecule has 2 aliphatic heterocycles. The Morgan fingerprint density at radius 1 is 1.02 bits per heavy atom. The van der Waals surface area contributed by atoms with E-state index in [9.17, 15) is 29.6 Å². The van der Waals surface area contributed by atoms with Crippen LogP contribution in [0.5, 0.6) is 0 Å². The SMILES string of the molecule is Nc1nc2c(ncn2[C@@H]2O[C@H](CCO)[C@@H](O)[C@H]2OP(=O)(O)OC[C@H]2O[C@@H](n3cnc4c(N)ncnc43)[C@H](O)[C@@H]2F)c(=O)[nH]1. The van der Waals surface area contributed by atoms with Crippen molar-refractivity contribution in [2.75, 3.05) is 24.7 Å². The van der Waals surface area contributed by atoms with Crippen molar-refractivity contribution in [3.8, 4) is 0 Å². The van der Waals surface area contributed by atoms with E-state index in [4.69, 9.17) is 30.0 Å². The number of nitrogens with one attached hydrogen (secondary N) is 1. The van der Waals surface area contributed by atoms with Crippen LogP contribution in [-0.4, -0.2) is 109 Å². The molecule has 6 rings (SSSR count). The number of nitrogens with two attached hydrogens (primary N) is 2. The molecule has 43 heavy (non-hydrogen) atoms. The second-order valence-corrected chi connectivity index (χ2v) is 11.2. The van der Waals surface area contributed by atoms with Crippen molar-refractivity contribution in [2.45, 2.75) is 55.6 Å². The molecule has 0 aromatic carbocycles. The van der Waals surface area contributed by atoms with Gasteiger partial charge in [-0.1, -0.05) is 0 Å². The largest absolute Gasteiger partial charge is 0.472 e. The number of aromatic amines is 1. The van der Waals surface area contributed by atoms with E-state index in [2.05, 4.69) is 29.9 Å². The van der Waals surface area contributed by atoms with Crippen LogP contribution in [0, 0.1) is 0 Å². The lowest BCUT2D eigenvalue weighted by Crippen LogP contribution is -2.34. The average molecular weight is 628 g/mol. The van der Waals surface area contributed by atoms with E-state index in [0.29, 0.717) is 0 Å².